The Kier molecular flexibility index (Phi) is 4.96. The lowest BCUT2D eigenvalue weighted by molar-refractivity contribution is 0.417. The molecule has 0 saturated carbocycles. The minimum Gasteiger partial charge on any atom is -0.454 e. The normalized spacial score (nSPS) is 11.5. The molecule has 1 aromatic carbocycles. The van der Waals surface area contributed by atoms with Gasteiger partial charge in [0, 0.05) is 28.8 Å². The van der Waals surface area contributed by atoms with E-state index in [2.05, 4.69) is 47.0 Å². The predicted molar refractivity (Wildman–Crippen MR) is 85.0 cm³/mol. The van der Waals surface area contributed by atoms with Gasteiger partial charge in [-0.25, -0.2) is 4.39 Å². The molecule has 0 bridgehead atoms. The Morgan fingerprint density at radius 1 is 1.24 bits per heavy atom. The highest BCUT2D eigenvalue weighted by Gasteiger charge is 2.10. The monoisotopic (exact) mass is 352 g/mol. The molecule has 0 aliphatic heterocycles. The van der Waals surface area contributed by atoms with Crippen molar-refractivity contribution in [2.24, 2.45) is 0 Å². The van der Waals surface area contributed by atoms with Crippen LogP contribution in [0.4, 0.5) is 4.39 Å². The summed E-state index contributed by atoms with van der Waals surface area (Å²) >= 11 is 3.22. The van der Waals surface area contributed by atoms with Crippen LogP contribution in [0.1, 0.15) is 26.5 Å². The largest absolute Gasteiger partial charge is 0.454 e. The first-order valence-corrected chi connectivity index (χ1v) is 7.46. The van der Waals surface area contributed by atoms with Crippen LogP contribution in [-0.2, 0) is 6.54 Å². The Labute approximate surface area is 132 Å². The van der Waals surface area contributed by atoms with Gasteiger partial charge in [0.15, 0.2) is 11.6 Å². The lowest BCUT2D eigenvalue weighted by atomic mass is 10.1. The SMILES string of the molecule is CC(C)(C)NCc1cc(Oc2ccc(Br)cc2F)ccn1. The third-order valence-electron chi connectivity index (χ3n) is 2.71. The van der Waals surface area contributed by atoms with Crippen molar-refractivity contribution >= 4 is 15.9 Å². The summed E-state index contributed by atoms with van der Waals surface area (Å²) in [6.45, 7) is 6.89. The third-order valence-corrected chi connectivity index (χ3v) is 3.20. The van der Waals surface area contributed by atoms with Gasteiger partial charge in [-0.15, -0.1) is 0 Å². The molecule has 3 nitrogen and oxygen atoms in total. The molecular weight excluding hydrogens is 335 g/mol. The van der Waals surface area contributed by atoms with Gasteiger partial charge < -0.3 is 10.1 Å². The van der Waals surface area contributed by atoms with Crippen LogP contribution in [0.2, 0.25) is 0 Å². The predicted octanol–water partition coefficient (Wildman–Crippen LogP) is 4.66. The zero-order valence-electron chi connectivity index (χ0n) is 12.3. The Balaban J connectivity index is 2.10. The van der Waals surface area contributed by atoms with Crippen molar-refractivity contribution in [2.45, 2.75) is 32.9 Å². The zero-order chi connectivity index (χ0) is 15.5. The standard InChI is InChI=1S/C16H18BrFN2O/c1-16(2,3)20-10-12-9-13(6-7-19-12)21-15-5-4-11(17)8-14(15)18/h4-9,20H,10H2,1-3H3. The van der Waals surface area contributed by atoms with E-state index in [1.165, 1.54) is 6.07 Å². The van der Waals surface area contributed by atoms with E-state index in [4.69, 9.17) is 4.74 Å². The maximum atomic E-state index is 13.8. The van der Waals surface area contributed by atoms with Gasteiger partial charge in [0.25, 0.3) is 0 Å². The van der Waals surface area contributed by atoms with Crippen molar-refractivity contribution in [3.63, 3.8) is 0 Å². The van der Waals surface area contributed by atoms with Crippen molar-refractivity contribution < 1.29 is 9.13 Å². The van der Waals surface area contributed by atoms with Gasteiger partial charge >= 0.3 is 0 Å². The van der Waals surface area contributed by atoms with Crippen LogP contribution in [0.15, 0.2) is 41.0 Å². The number of rotatable bonds is 4. The molecule has 2 rings (SSSR count). The van der Waals surface area contributed by atoms with Crippen LogP contribution in [-0.4, -0.2) is 10.5 Å². The summed E-state index contributed by atoms with van der Waals surface area (Å²) in [4.78, 5) is 4.28. The van der Waals surface area contributed by atoms with Crippen LogP contribution in [0.5, 0.6) is 11.5 Å². The summed E-state index contributed by atoms with van der Waals surface area (Å²) in [6, 6.07) is 8.22. The van der Waals surface area contributed by atoms with Crippen molar-refractivity contribution in [2.75, 3.05) is 0 Å². The summed E-state index contributed by atoms with van der Waals surface area (Å²) < 4.78 is 20.0. The fraction of sp³-hybridized carbons (Fsp3) is 0.312. The molecule has 5 heteroatoms. The topological polar surface area (TPSA) is 34.1 Å². The minimum atomic E-state index is -0.407. The average Bonchev–Trinajstić information content (AvgIpc) is 2.39. The average molecular weight is 353 g/mol. The van der Waals surface area contributed by atoms with Gasteiger partial charge in [0.1, 0.15) is 5.75 Å². The second-order valence-electron chi connectivity index (χ2n) is 5.76. The molecule has 21 heavy (non-hydrogen) atoms. The molecule has 0 fully saturated rings. The highest BCUT2D eigenvalue weighted by atomic mass is 79.9. The van der Waals surface area contributed by atoms with Crippen LogP contribution >= 0.6 is 15.9 Å². The van der Waals surface area contributed by atoms with E-state index in [1.807, 2.05) is 0 Å². The lowest BCUT2D eigenvalue weighted by Crippen LogP contribution is -2.35. The Bertz CT molecular complexity index is 626. The fourth-order valence-electron chi connectivity index (χ4n) is 1.66. The smallest absolute Gasteiger partial charge is 0.166 e. The number of pyridine rings is 1. The van der Waals surface area contributed by atoms with Crippen molar-refractivity contribution in [1.29, 1.82) is 0 Å². The molecule has 112 valence electrons. The molecule has 1 N–H and O–H groups in total. The Hall–Kier alpha value is -1.46. The Morgan fingerprint density at radius 2 is 2.00 bits per heavy atom. The van der Waals surface area contributed by atoms with Gasteiger partial charge in [0.2, 0.25) is 0 Å². The molecular formula is C16H18BrFN2O. The number of ether oxygens (including phenoxy) is 1. The van der Waals surface area contributed by atoms with Gasteiger partial charge in [-0.1, -0.05) is 15.9 Å². The quantitative estimate of drug-likeness (QED) is 0.868. The molecule has 0 unspecified atom stereocenters. The van der Waals surface area contributed by atoms with E-state index < -0.39 is 5.82 Å². The van der Waals surface area contributed by atoms with E-state index in [9.17, 15) is 4.39 Å². The van der Waals surface area contributed by atoms with Gasteiger partial charge in [0.05, 0.1) is 5.69 Å². The maximum Gasteiger partial charge on any atom is 0.166 e. The van der Waals surface area contributed by atoms with E-state index in [0.29, 0.717) is 16.8 Å². The highest BCUT2D eigenvalue weighted by molar-refractivity contribution is 9.10. The highest BCUT2D eigenvalue weighted by Crippen LogP contribution is 2.26. The molecule has 0 radical (unpaired) electrons. The van der Waals surface area contributed by atoms with E-state index in [-0.39, 0.29) is 11.3 Å². The fourth-order valence-corrected chi connectivity index (χ4v) is 1.99. The molecule has 0 spiro atoms. The van der Waals surface area contributed by atoms with E-state index in [0.717, 1.165) is 5.69 Å². The van der Waals surface area contributed by atoms with Gasteiger partial charge in [-0.2, -0.15) is 0 Å². The second-order valence-corrected chi connectivity index (χ2v) is 6.68. The number of nitrogens with one attached hydrogen (secondary N) is 1. The van der Waals surface area contributed by atoms with Gasteiger partial charge in [-0.3, -0.25) is 4.98 Å². The minimum absolute atomic E-state index is 0.0103. The molecule has 1 aromatic heterocycles. The van der Waals surface area contributed by atoms with E-state index >= 15 is 0 Å². The maximum absolute atomic E-state index is 13.8. The van der Waals surface area contributed by atoms with E-state index in [1.54, 1.807) is 30.5 Å². The second kappa shape index (κ2) is 6.54. The first-order chi connectivity index (χ1) is 9.83. The molecule has 0 atom stereocenters. The summed E-state index contributed by atoms with van der Waals surface area (Å²) in [5.41, 5.74) is 0.857. The molecule has 0 aliphatic rings. The van der Waals surface area contributed by atoms with Crippen molar-refractivity contribution in [1.82, 2.24) is 10.3 Å². The lowest BCUT2D eigenvalue weighted by Gasteiger charge is -2.20. The first kappa shape index (κ1) is 15.9. The van der Waals surface area contributed by atoms with Crippen molar-refractivity contribution in [3.8, 4) is 11.5 Å². The molecule has 0 aliphatic carbocycles. The zero-order valence-corrected chi connectivity index (χ0v) is 13.9. The summed E-state index contributed by atoms with van der Waals surface area (Å²) in [5, 5.41) is 3.35. The van der Waals surface area contributed by atoms with Crippen LogP contribution in [0.25, 0.3) is 0 Å². The number of aromatic nitrogens is 1. The number of hydrogen-bond donors (Lipinski definition) is 1. The summed E-state index contributed by atoms with van der Waals surface area (Å²) in [5.74, 6) is 0.353. The molecule has 0 saturated heterocycles. The summed E-state index contributed by atoms with van der Waals surface area (Å²) in [7, 11) is 0. The number of halogens is 2. The number of hydrogen-bond acceptors (Lipinski definition) is 3. The van der Waals surface area contributed by atoms with Crippen LogP contribution < -0.4 is 10.1 Å². The van der Waals surface area contributed by atoms with Gasteiger partial charge in [-0.05, 0) is 45.0 Å². The number of benzene rings is 1. The van der Waals surface area contributed by atoms with Crippen molar-refractivity contribution in [3.05, 3.63) is 52.5 Å². The van der Waals surface area contributed by atoms with Crippen LogP contribution in [0, 0.1) is 5.82 Å². The molecule has 0 amide bonds. The van der Waals surface area contributed by atoms with Crippen LogP contribution in [0.3, 0.4) is 0 Å². The first-order valence-electron chi connectivity index (χ1n) is 6.66. The Morgan fingerprint density at radius 3 is 2.67 bits per heavy atom. The summed E-state index contributed by atoms with van der Waals surface area (Å²) in [6.07, 6.45) is 1.66. The molecule has 2 aromatic rings. The number of nitrogens with zero attached hydrogens (tertiary/aromatic N) is 1. The molecule has 1 heterocycles. The third kappa shape index (κ3) is 5.10.